The van der Waals surface area contributed by atoms with Gasteiger partial charge in [0, 0.05) is 6.54 Å². The van der Waals surface area contributed by atoms with Gasteiger partial charge in [-0.3, -0.25) is 9.59 Å². The lowest BCUT2D eigenvalue weighted by molar-refractivity contribution is -0.122. The Hall–Kier alpha value is -1.40. The van der Waals surface area contributed by atoms with E-state index in [-0.39, 0.29) is 23.8 Å². The third-order valence-corrected chi connectivity index (χ3v) is 3.72. The normalized spacial score (nSPS) is 15.2. The van der Waals surface area contributed by atoms with Gasteiger partial charge in [0.1, 0.15) is 6.04 Å². The SMILES string of the molecule is CC(O)CC(C)CNC(=O)C(C)NC(=O)c1cccs1. The highest BCUT2D eigenvalue weighted by Gasteiger charge is 2.17. The lowest BCUT2D eigenvalue weighted by Crippen LogP contribution is -2.45. The van der Waals surface area contributed by atoms with Crippen LogP contribution in [-0.2, 0) is 4.79 Å². The predicted octanol–water partition coefficient (Wildman–Crippen LogP) is 1.39. The van der Waals surface area contributed by atoms with Crippen LogP contribution < -0.4 is 10.6 Å². The van der Waals surface area contributed by atoms with Crippen molar-refractivity contribution in [1.82, 2.24) is 10.6 Å². The van der Waals surface area contributed by atoms with Crippen molar-refractivity contribution >= 4 is 23.2 Å². The number of aliphatic hydroxyl groups is 1. The number of hydrogen-bond donors (Lipinski definition) is 3. The van der Waals surface area contributed by atoms with E-state index in [0.717, 1.165) is 0 Å². The number of hydrogen-bond acceptors (Lipinski definition) is 4. The molecule has 0 aliphatic rings. The molecule has 0 aromatic carbocycles. The highest BCUT2D eigenvalue weighted by molar-refractivity contribution is 7.12. The molecular weight excluding hydrogens is 276 g/mol. The molecule has 5 nitrogen and oxygen atoms in total. The van der Waals surface area contributed by atoms with E-state index < -0.39 is 6.04 Å². The van der Waals surface area contributed by atoms with Crippen molar-refractivity contribution in [3.8, 4) is 0 Å². The molecule has 1 heterocycles. The third-order valence-electron chi connectivity index (χ3n) is 2.85. The average molecular weight is 298 g/mol. The summed E-state index contributed by atoms with van der Waals surface area (Å²) in [5.74, 6) is -0.258. The lowest BCUT2D eigenvalue weighted by atomic mass is 10.0. The van der Waals surface area contributed by atoms with Gasteiger partial charge in [-0.25, -0.2) is 0 Å². The fraction of sp³-hybridized carbons (Fsp3) is 0.571. The molecule has 20 heavy (non-hydrogen) atoms. The first-order valence-corrected chi connectivity index (χ1v) is 7.58. The quantitative estimate of drug-likeness (QED) is 0.712. The molecule has 0 bridgehead atoms. The van der Waals surface area contributed by atoms with Crippen LogP contribution in [0.5, 0.6) is 0 Å². The Morgan fingerprint density at radius 1 is 1.35 bits per heavy atom. The van der Waals surface area contributed by atoms with Gasteiger partial charge in [0.15, 0.2) is 0 Å². The molecule has 112 valence electrons. The Bertz CT molecular complexity index is 432. The summed E-state index contributed by atoms with van der Waals surface area (Å²) in [5.41, 5.74) is 0. The zero-order chi connectivity index (χ0) is 15.1. The second-order valence-electron chi connectivity index (χ2n) is 5.11. The van der Waals surface area contributed by atoms with Crippen molar-refractivity contribution in [2.45, 2.75) is 39.3 Å². The van der Waals surface area contributed by atoms with Crippen molar-refractivity contribution in [2.24, 2.45) is 5.92 Å². The van der Waals surface area contributed by atoms with E-state index in [1.54, 1.807) is 26.0 Å². The molecule has 1 rings (SSSR count). The largest absolute Gasteiger partial charge is 0.393 e. The smallest absolute Gasteiger partial charge is 0.261 e. The molecule has 3 N–H and O–H groups in total. The van der Waals surface area contributed by atoms with Gasteiger partial charge in [0.05, 0.1) is 11.0 Å². The number of carbonyl (C=O) groups excluding carboxylic acids is 2. The van der Waals surface area contributed by atoms with Gasteiger partial charge in [-0.1, -0.05) is 13.0 Å². The summed E-state index contributed by atoms with van der Waals surface area (Å²) >= 11 is 1.34. The van der Waals surface area contributed by atoms with Gasteiger partial charge in [0.25, 0.3) is 5.91 Å². The maximum Gasteiger partial charge on any atom is 0.261 e. The first kappa shape index (κ1) is 16.7. The summed E-state index contributed by atoms with van der Waals surface area (Å²) in [4.78, 5) is 24.2. The molecule has 0 saturated heterocycles. The number of rotatable bonds is 7. The van der Waals surface area contributed by atoms with Crippen molar-refractivity contribution in [3.63, 3.8) is 0 Å². The van der Waals surface area contributed by atoms with Crippen LogP contribution >= 0.6 is 11.3 Å². The lowest BCUT2D eigenvalue weighted by Gasteiger charge is -2.17. The summed E-state index contributed by atoms with van der Waals surface area (Å²) < 4.78 is 0. The summed E-state index contributed by atoms with van der Waals surface area (Å²) in [6, 6.07) is 2.93. The van der Waals surface area contributed by atoms with Crippen molar-refractivity contribution in [2.75, 3.05) is 6.54 Å². The maximum absolute atomic E-state index is 11.9. The molecule has 2 amide bonds. The van der Waals surface area contributed by atoms with Crippen LogP contribution in [0.25, 0.3) is 0 Å². The van der Waals surface area contributed by atoms with Gasteiger partial charge >= 0.3 is 0 Å². The minimum absolute atomic E-state index is 0.194. The Balaban J connectivity index is 2.34. The molecule has 0 spiro atoms. The Morgan fingerprint density at radius 3 is 2.60 bits per heavy atom. The second kappa shape index (κ2) is 8.01. The first-order valence-electron chi connectivity index (χ1n) is 6.70. The molecule has 1 aromatic rings. The Morgan fingerprint density at radius 2 is 2.05 bits per heavy atom. The van der Waals surface area contributed by atoms with Crippen LogP contribution in [0, 0.1) is 5.92 Å². The zero-order valence-corrected chi connectivity index (χ0v) is 12.9. The van der Waals surface area contributed by atoms with Gasteiger partial charge in [-0.15, -0.1) is 11.3 Å². The fourth-order valence-corrected chi connectivity index (χ4v) is 2.46. The molecule has 0 aliphatic heterocycles. The van der Waals surface area contributed by atoms with E-state index >= 15 is 0 Å². The second-order valence-corrected chi connectivity index (χ2v) is 6.06. The fourth-order valence-electron chi connectivity index (χ4n) is 1.83. The third kappa shape index (κ3) is 5.71. The first-order chi connectivity index (χ1) is 9.40. The highest BCUT2D eigenvalue weighted by Crippen LogP contribution is 2.08. The number of thiophene rings is 1. The van der Waals surface area contributed by atoms with Crippen LogP contribution in [0.2, 0.25) is 0 Å². The van der Waals surface area contributed by atoms with E-state index in [0.29, 0.717) is 17.8 Å². The molecular formula is C14H22N2O3S. The van der Waals surface area contributed by atoms with Gasteiger partial charge in [0.2, 0.25) is 5.91 Å². The molecule has 3 atom stereocenters. The minimum atomic E-state index is -0.580. The van der Waals surface area contributed by atoms with Crippen LogP contribution in [0.3, 0.4) is 0 Å². The molecule has 0 aliphatic carbocycles. The number of nitrogens with one attached hydrogen (secondary N) is 2. The van der Waals surface area contributed by atoms with E-state index in [1.807, 2.05) is 12.3 Å². The van der Waals surface area contributed by atoms with Crippen molar-refractivity contribution in [1.29, 1.82) is 0 Å². The topological polar surface area (TPSA) is 78.4 Å². The van der Waals surface area contributed by atoms with Gasteiger partial charge in [-0.2, -0.15) is 0 Å². The summed E-state index contributed by atoms with van der Waals surface area (Å²) in [6.07, 6.45) is 0.258. The minimum Gasteiger partial charge on any atom is -0.393 e. The van der Waals surface area contributed by atoms with Gasteiger partial charge < -0.3 is 15.7 Å². The Kier molecular flexibility index (Phi) is 6.67. The molecule has 1 aromatic heterocycles. The predicted molar refractivity (Wildman–Crippen MR) is 79.7 cm³/mol. The molecule has 0 radical (unpaired) electrons. The summed E-state index contributed by atoms with van der Waals surface area (Å²) in [7, 11) is 0. The molecule has 0 fully saturated rings. The van der Waals surface area contributed by atoms with E-state index in [1.165, 1.54) is 11.3 Å². The molecule has 0 saturated carbocycles. The maximum atomic E-state index is 11.9. The molecule has 6 heteroatoms. The van der Waals surface area contributed by atoms with Crippen LogP contribution in [0.4, 0.5) is 0 Å². The zero-order valence-electron chi connectivity index (χ0n) is 12.1. The number of amides is 2. The van der Waals surface area contributed by atoms with Gasteiger partial charge in [-0.05, 0) is 37.6 Å². The highest BCUT2D eigenvalue weighted by atomic mass is 32.1. The average Bonchev–Trinajstić information content (AvgIpc) is 2.88. The van der Waals surface area contributed by atoms with E-state index in [4.69, 9.17) is 0 Å². The number of aliphatic hydroxyl groups excluding tert-OH is 1. The van der Waals surface area contributed by atoms with Crippen LogP contribution in [0.15, 0.2) is 17.5 Å². The van der Waals surface area contributed by atoms with Crippen LogP contribution in [0.1, 0.15) is 36.9 Å². The summed E-state index contributed by atoms with van der Waals surface area (Å²) in [5, 5.41) is 16.5. The van der Waals surface area contributed by atoms with Crippen molar-refractivity contribution < 1.29 is 14.7 Å². The van der Waals surface area contributed by atoms with E-state index in [2.05, 4.69) is 10.6 Å². The van der Waals surface area contributed by atoms with Crippen LogP contribution in [-0.4, -0.2) is 35.6 Å². The van der Waals surface area contributed by atoms with E-state index in [9.17, 15) is 14.7 Å². The number of carbonyl (C=O) groups is 2. The standard InChI is InChI=1S/C14H22N2O3S/c1-9(7-10(2)17)8-15-13(18)11(3)16-14(19)12-5-4-6-20-12/h4-6,9-11,17H,7-8H2,1-3H3,(H,15,18)(H,16,19). The molecule has 3 unspecified atom stereocenters. The monoisotopic (exact) mass is 298 g/mol. The summed E-state index contributed by atoms with van der Waals surface area (Å²) in [6.45, 7) is 5.83. The Labute approximate surface area is 123 Å². The van der Waals surface area contributed by atoms with Crippen molar-refractivity contribution in [3.05, 3.63) is 22.4 Å².